The van der Waals surface area contributed by atoms with Gasteiger partial charge in [0.15, 0.2) is 0 Å². The highest BCUT2D eigenvalue weighted by atomic mass is 15.1. The SMILES string of the molecule is CCCCC1=CC=CC=CN1C. The molecule has 1 heteroatoms. The molecule has 66 valence electrons. The van der Waals surface area contributed by atoms with Gasteiger partial charge in [0.25, 0.3) is 0 Å². The minimum atomic E-state index is 1.18. The molecule has 1 heterocycles. The van der Waals surface area contributed by atoms with E-state index in [0.717, 1.165) is 0 Å². The fourth-order valence-electron chi connectivity index (χ4n) is 1.24. The Bertz CT molecular complexity index is 211. The molecule has 1 rings (SSSR count). The van der Waals surface area contributed by atoms with Crippen molar-refractivity contribution in [2.45, 2.75) is 26.2 Å². The summed E-state index contributed by atoms with van der Waals surface area (Å²) in [5.41, 5.74) is 1.40. The first-order valence-electron chi connectivity index (χ1n) is 4.61. The number of rotatable bonds is 3. The van der Waals surface area contributed by atoms with Crippen molar-refractivity contribution in [3.63, 3.8) is 0 Å². The van der Waals surface area contributed by atoms with Gasteiger partial charge in [-0.2, -0.15) is 0 Å². The monoisotopic (exact) mass is 163 g/mol. The lowest BCUT2D eigenvalue weighted by Gasteiger charge is -2.16. The highest BCUT2D eigenvalue weighted by Crippen LogP contribution is 2.13. The number of unbranched alkanes of at least 4 members (excludes halogenated alkanes) is 1. The van der Waals surface area contributed by atoms with Crippen molar-refractivity contribution in [2.24, 2.45) is 0 Å². The summed E-state index contributed by atoms with van der Waals surface area (Å²) in [4.78, 5) is 2.19. The molecule has 0 unspecified atom stereocenters. The first-order valence-corrected chi connectivity index (χ1v) is 4.61. The van der Waals surface area contributed by atoms with Crippen LogP contribution >= 0.6 is 0 Å². The van der Waals surface area contributed by atoms with Crippen LogP contribution in [0.5, 0.6) is 0 Å². The molecule has 12 heavy (non-hydrogen) atoms. The predicted molar refractivity (Wildman–Crippen MR) is 53.7 cm³/mol. The Balaban J connectivity index is 2.54. The molecular weight excluding hydrogens is 146 g/mol. The van der Waals surface area contributed by atoms with E-state index in [-0.39, 0.29) is 0 Å². The maximum Gasteiger partial charge on any atom is 0.0171 e. The second kappa shape index (κ2) is 4.81. The Morgan fingerprint density at radius 1 is 1.25 bits per heavy atom. The Kier molecular flexibility index (Phi) is 3.65. The maximum absolute atomic E-state index is 2.23. The zero-order valence-corrected chi connectivity index (χ0v) is 7.96. The average Bonchev–Trinajstić information content (AvgIpc) is 2.27. The van der Waals surface area contributed by atoms with Gasteiger partial charge in [-0.1, -0.05) is 25.5 Å². The molecule has 1 aliphatic rings. The topological polar surface area (TPSA) is 3.24 Å². The zero-order valence-electron chi connectivity index (χ0n) is 7.96. The van der Waals surface area contributed by atoms with Gasteiger partial charge in [-0.15, -0.1) is 0 Å². The number of hydrogen-bond acceptors (Lipinski definition) is 1. The van der Waals surface area contributed by atoms with Gasteiger partial charge < -0.3 is 4.90 Å². The molecule has 1 nitrogen and oxygen atoms in total. The molecule has 0 aromatic rings. The highest BCUT2D eigenvalue weighted by Gasteiger charge is 2.00. The largest absolute Gasteiger partial charge is 0.354 e. The van der Waals surface area contributed by atoms with Crippen molar-refractivity contribution >= 4 is 0 Å². The van der Waals surface area contributed by atoms with E-state index >= 15 is 0 Å². The molecule has 0 aliphatic carbocycles. The van der Waals surface area contributed by atoms with E-state index in [0.29, 0.717) is 0 Å². The Labute approximate surface area is 75.1 Å². The first-order chi connectivity index (χ1) is 5.84. The van der Waals surface area contributed by atoms with E-state index in [2.05, 4.69) is 49.4 Å². The summed E-state index contributed by atoms with van der Waals surface area (Å²) in [6.07, 6.45) is 14.2. The summed E-state index contributed by atoms with van der Waals surface area (Å²) in [7, 11) is 2.10. The second-order valence-electron chi connectivity index (χ2n) is 3.10. The Hall–Kier alpha value is -0.980. The van der Waals surface area contributed by atoms with Gasteiger partial charge in [-0.05, 0) is 25.0 Å². The summed E-state index contributed by atoms with van der Waals surface area (Å²) < 4.78 is 0. The predicted octanol–water partition coefficient (Wildman–Crippen LogP) is 3.08. The zero-order chi connectivity index (χ0) is 8.81. The van der Waals surface area contributed by atoms with Crippen molar-refractivity contribution < 1.29 is 0 Å². The van der Waals surface area contributed by atoms with E-state index in [9.17, 15) is 0 Å². The van der Waals surface area contributed by atoms with Gasteiger partial charge in [0, 0.05) is 18.9 Å². The van der Waals surface area contributed by atoms with Crippen LogP contribution in [0.1, 0.15) is 26.2 Å². The number of nitrogens with zero attached hydrogens (tertiary/aromatic N) is 1. The first kappa shape index (κ1) is 9.11. The summed E-state index contributed by atoms with van der Waals surface area (Å²) in [5.74, 6) is 0. The molecule has 0 aromatic carbocycles. The molecule has 0 radical (unpaired) electrons. The molecule has 0 saturated heterocycles. The lowest BCUT2D eigenvalue weighted by atomic mass is 10.2. The van der Waals surface area contributed by atoms with Gasteiger partial charge >= 0.3 is 0 Å². The third kappa shape index (κ3) is 2.57. The summed E-state index contributed by atoms with van der Waals surface area (Å²) >= 11 is 0. The number of allylic oxidation sites excluding steroid dienone is 5. The molecule has 0 bridgehead atoms. The van der Waals surface area contributed by atoms with Crippen molar-refractivity contribution in [1.82, 2.24) is 4.90 Å². The molecule has 0 N–H and O–H groups in total. The molecule has 0 aromatic heterocycles. The van der Waals surface area contributed by atoms with Gasteiger partial charge in [0.1, 0.15) is 0 Å². The van der Waals surface area contributed by atoms with Gasteiger partial charge in [0.05, 0.1) is 0 Å². The van der Waals surface area contributed by atoms with E-state index in [1.54, 1.807) is 0 Å². The van der Waals surface area contributed by atoms with Crippen LogP contribution in [0.2, 0.25) is 0 Å². The highest BCUT2D eigenvalue weighted by molar-refractivity contribution is 5.21. The van der Waals surface area contributed by atoms with E-state index < -0.39 is 0 Å². The van der Waals surface area contributed by atoms with E-state index in [1.165, 1.54) is 25.0 Å². The molecule has 0 atom stereocenters. The van der Waals surface area contributed by atoms with Gasteiger partial charge in [-0.25, -0.2) is 0 Å². The molecule has 0 amide bonds. The summed E-state index contributed by atoms with van der Waals surface area (Å²) in [6.45, 7) is 2.23. The average molecular weight is 163 g/mol. The Morgan fingerprint density at radius 2 is 2.08 bits per heavy atom. The van der Waals surface area contributed by atoms with Gasteiger partial charge in [-0.3, -0.25) is 0 Å². The fraction of sp³-hybridized carbons (Fsp3) is 0.455. The summed E-state index contributed by atoms with van der Waals surface area (Å²) in [5, 5.41) is 0. The van der Waals surface area contributed by atoms with Crippen molar-refractivity contribution in [1.29, 1.82) is 0 Å². The third-order valence-electron chi connectivity index (χ3n) is 2.06. The standard InChI is InChI=1S/C11H17N/c1-3-4-8-11-9-6-5-7-10-12(11)2/h5-7,9-10H,3-4,8H2,1-2H3. The third-order valence-corrected chi connectivity index (χ3v) is 2.06. The lowest BCUT2D eigenvalue weighted by Crippen LogP contribution is -2.09. The van der Waals surface area contributed by atoms with Crippen molar-refractivity contribution in [2.75, 3.05) is 7.05 Å². The van der Waals surface area contributed by atoms with Crippen LogP contribution in [0, 0.1) is 0 Å². The smallest absolute Gasteiger partial charge is 0.0171 e. The van der Waals surface area contributed by atoms with Crippen LogP contribution in [0.25, 0.3) is 0 Å². The van der Waals surface area contributed by atoms with E-state index in [4.69, 9.17) is 0 Å². The van der Waals surface area contributed by atoms with Crippen LogP contribution in [0.4, 0.5) is 0 Å². The molecule has 0 saturated carbocycles. The van der Waals surface area contributed by atoms with E-state index in [1.807, 2.05) is 0 Å². The maximum atomic E-state index is 2.23. The number of hydrogen-bond donors (Lipinski definition) is 0. The van der Waals surface area contributed by atoms with Crippen LogP contribution in [0.3, 0.4) is 0 Å². The second-order valence-corrected chi connectivity index (χ2v) is 3.10. The van der Waals surface area contributed by atoms with Crippen LogP contribution < -0.4 is 0 Å². The molecular formula is C11H17N. The van der Waals surface area contributed by atoms with Crippen LogP contribution in [-0.4, -0.2) is 11.9 Å². The quantitative estimate of drug-likeness (QED) is 0.618. The molecule has 1 aliphatic heterocycles. The van der Waals surface area contributed by atoms with Gasteiger partial charge in [0.2, 0.25) is 0 Å². The van der Waals surface area contributed by atoms with Crippen molar-refractivity contribution in [3.8, 4) is 0 Å². The summed E-state index contributed by atoms with van der Waals surface area (Å²) in [6, 6.07) is 0. The minimum absolute atomic E-state index is 1.18. The molecule has 0 spiro atoms. The molecule has 0 fully saturated rings. The Morgan fingerprint density at radius 3 is 2.83 bits per heavy atom. The fourth-order valence-corrected chi connectivity index (χ4v) is 1.24. The van der Waals surface area contributed by atoms with Crippen LogP contribution in [0.15, 0.2) is 36.2 Å². The van der Waals surface area contributed by atoms with Crippen molar-refractivity contribution in [3.05, 3.63) is 36.2 Å². The lowest BCUT2D eigenvalue weighted by molar-refractivity contribution is 0.527. The minimum Gasteiger partial charge on any atom is -0.354 e. The van der Waals surface area contributed by atoms with Crippen LogP contribution in [-0.2, 0) is 0 Å². The normalized spacial score (nSPS) is 16.2.